The SMILES string of the molecule is Cc1cn(-c2cc(C(=O)NC(C)(C)COc3cccc4c3C(N)=NS(O)(O)N4)ccn2)c(C)n1. The van der Waals surface area contributed by atoms with Crippen molar-refractivity contribution in [2.45, 2.75) is 33.2 Å². The highest BCUT2D eigenvalue weighted by Gasteiger charge is 2.27. The van der Waals surface area contributed by atoms with Crippen LogP contribution in [0.25, 0.3) is 5.82 Å². The summed E-state index contributed by atoms with van der Waals surface area (Å²) in [5.74, 6) is 1.46. The number of nitrogens with zero attached hydrogens (tertiary/aromatic N) is 4. The lowest BCUT2D eigenvalue weighted by molar-refractivity contribution is 0.0880. The van der Waals surface area contributed by atoms with E-state index in [1.54, 1.807) is 36.5 Å². The summed E-state index contributed by atoms with van der Waals surface area (Å²) in [7, 11) is -3.39. The third-order valence-corrected chi connectivity index (χ3v) is 6.00. The first kappa shape index (κ1) is 23.5. The number of benzene rings is 1. The lowest BCUT2D eigenvalue weighted by Crippen LogP contribution is -2.48. The molecule has 1 aliphatic rings. The molecule has 0 atom stereocenters. The van der Waals surface area contributed by atoms with Gasteiger partial charge in [0, 0.05) is 18.0 Å². The van der Waals surface area contributed by atoms with Crippen molar-refractivity contribution in [3.05, 3.63) is 65.4 Å². The van der Waals surface area contributed by atoms with Gasteiger partial charge in [-0.25, -0.2) is 9.97 Å². The van der Waals surface area contributed by atoms with E-state index in [0.29, 0.717) is 28.4 Å². The van der Waals surface area contributed by atoms with E-state index in [9.17, 15) is 13.9 Å². The number of hydrogen-bond acceptors (Lipinski definition) is 9. The van der Waals surface area contributed by atoms with Gasteiger partial charge < -0.3 is 15.8 Å². The second kappa shape index (κ2) is 8.63. The van der Waals surface area contributed by atoms with Crippen LogP contribution in [-0.2, 0) is 0 Å². The molecule has 1 aromatic carbocycles. The molecule has 0 unspecified atom stereocenters. The van der Waals surface area contributed by atoms with Crippen molar-refractivity contribution in [2.24, 2.45) is 10.1 Å². The first-order valence-electron chi connectivity index (χ1n) is 10.4. The van der Waals surface area contributed by atoms with Gasteiger partial charge in [-0.15, -0.1) is 4.40 Å². The average molecular weight is 486 g/mol. The van der Waals surface area contributed by atoms with Gasteiger partial charge >= 0.3 is 0 Å². The van der Waals surface area contributed by atoms with Crippen molar-refractivity contribution < 1.29 is 18.6 Å². The maximum absolute atomic E-state index is 13.0. The lowest BCUT2D eigenvalue weighted by Gasteiger charge is -2.34. The van der Waals surface area contributed by atoms with Crippen LogP contribution >= 0.6 is 11.0 Å². The number of amidine groups is 1. The molecule has 4 rings (SSSR count). The summed E-state index contributed by atoms with van der Waals surface area (Å²) >= 11 is 0. The van der Waals surface area contributed by atoms with Crippen LogP contribution in [0.15, 0.2) is 47.1 Å². The normalized spacial score (nSPS) is 15.5. The number of pyridine rings is 1. The summed E-state index contributed by atoms with van der Waals surface area (Å²) in [6.45, 7) is 7.55. The standard InChI is InChI=1S/C22H27N7O4S/c1-13-11-29(14(2)25-13)18-10-15(8-9-24-18)21(30)26-22(3,4)12-33-17-7-5-6-16-19(17)20(23)28-34(31,32)27-16/h5-11,27,31-32H,12H2,1-4H3,(H2,23,28)(H,26,30). The fourth-order valence-electron chi connectivity index (χ4n) is 3.57. The van der Waals surface area contributed by atoms with E-state index in [0.717, 1.165) is 11.5 Å². The Hall–Kier alpha value is -3.61. The van der Waals surface area contributed by atoms with Crippen LogP contribution in [0, 0.1) is 13.8 Å². The second-order valence-corrected chi connectivity index (χ2v) is 10.0. The van der Waals surface area contributed by atoms with E-state index in [1.807, 2.05) is 38.5 Å². The Bertz CT molecular complexity index is 1290. The molecule has 0 fully saturated rings. The summed E-state index contributed by atoms with van der Waals surface area (Å²) in [5, 5.41) is 2.98. The number of fused-ring (bicyclic) bond motifs is 1. The number of ether oxygens (including phenoxy) is 1. The van der Waals surface area contributed by atoms with Gasteiger partial charge in [0.25, 0.3) is 5.91 Å². The van der Waals surface area contributed by atoms with Crippen LogP contribution in [0.5, 0.6) is 5.75 Å². The molecule has 0 saturated carbocycles. The summed E-state index contributed by atoms with van der Waals surface area (Å²) in [6.07, 6.45) is 3.44. The molecule has 12 heteroatoms. The smallest absolute Gasteiger partial charge is 0.252 e. The second-order valence-electron chi connectivity index (χ2n) is 8.61. The average Bonchev–Trinajstić information content (AvgIpc) is 3.09. The number of nitrogens with two attached hydrogens (primary N) is 1. The maximum Gasteiger partial charge on any atom is 0.252 e. The predicted molar refractivity (Wildman–Crippen MR) is 132 cm³/mol. The summed E-state index contributed by atoms with van der Waals surface area (Å²) in [4.78, 5) is 21.7. The molecule has 34 heavy (non-hydrogen) atoms. The number of carbonyl (C=O) groups excluding carboxylic acids is 1. The molecule has 6 N–H and O–H groups in total. The fourth-order valence-corrected chi connectivity index (χ4v) is 4.45. The van der Waals surface area contributed by atoms with E-state index >= 15 is 0 Å². The fraction of sp³-hybridized carbons (Fsp3) is 0.273. The van der Waals surface area contributed by atoms with E-state index in [1.165, 1.54) is 0 Å². The number of hydrogen-bond donors (Lipinski definition) is 5. The summed E-state index contributed by atoms with van der Waals surface area (Å²) in [6, 6.07) is 8.38. The van der Waals surface area contributed by atoms with Gasteiger partial charge in [-0.3, -0.25) is 23.2 Å². The van der Waals surface area contributed by atoms with Crippen LogP contribution in [0.1, 0.15) is 41.3 Å². The Morgan fingerprint density at radius 3 is 2.76 bits per heavy atom. The minimum absolute atomic E-state index is 0.0412. The van der Waals surface area contributed by atoms with Crippen LogP contribution in [-0.4, -0.2) is 47.5 Å². The first-order chi connectivity index (χ1) is 15.9. The van der Waals surface area contributed by atoms with E-state index in [-0.39, 0.29) is 18.3 Å². The molecule has 3 aromatic rings. The first-order valence-corrected chi connectivity index (χ1v) is 11.9. The Labute approximate surface area is 198 Å². The largest absolute Gasteiger partial charge is 0.490 e. The molecule has 3 heterocycles. The monoisotopic (exact) mass is 485 g/mol. The molecule has 2 aromatic heterocycles. The zero-order valence-corrected chi connectivity index (χ0v) is 20.1. The lowest BCUT2D eigenvalue weighted by atomic mass is 10.1. The number of carbonyl (C=O) groups is 1. The van der Waals surface area contributed by atoms with Crippen LogP contribution in [0.4, 0.5) is 5.69 Å². The van der Waals surface area contributed by atoms with Crippen LogP contribution in [0.2, 0.25) is 0 Å². The molecule has 1 aliphatic heterocycles. The van der Waals surface area contributed by atoms with Gasteiger partial charge in [0.15, 0.2) is 5.84 Å². The topological polar surface area (TPSA) is 160 Å². The van der Waals surface area contributed by atoms with Gasteiger partial charge in [0.05, 0.1) is 22.5 Å². The zero-order valence-electron chi connectivity index (χ0n) is 19.2. The maximum atomic E-state index is 13.0. The highest BCUT2D eigenvalue weighted by molar-refractivity contribution is 8.24. The molecule has 0 bridgehead atoms. The third kappa shape index (κ3) is 4.98. The number of aromatic nitrogens is 3. The molecule has 0 radical (unpaired) electrons. The quantitative estimate of drug-likeness (QED) is 0.356. The van der Waals surface area contributed by atoms with Gasteiger partial charge in [0.1, 0.15) is 24.0 Å². The Morgan fingerprint density at radius 2 is 2.06 bits per heavy atom. The number of anilines is 1. The van der Waals surface area contributed by atoms with Crippen molar-refractivity contribution in [1.29, 1.82) is 0 Å². The molecule has 0 spiro atoms. The number of rotatable bonds is 6. The van der Waals surface area contributed by atoms with E-state index in [4.69, 9.17) is 10.5 Å². The zero-order chi connectivity index (χ0) is 24.7. The van der Waals surface area contributed by atoms with Crippen molar-refractivity contribution in [2.75, 3.05) is 11.3 Å². The van der Waals surface area contributed by atoms with Crippen molar-refractivity contribution in [3.8, 4) is 11.6 Å². The minimum atomic E-state index is -3.39. The molecule has 1 amide bonds. The van der Waals surface area contributed by atoms with Gasteiger partial charge in [-0.05, 0) is 62.9 Å². The van der Waals surface area contributed by atoms with Gasteiger partial charge in [0.2, 0.25) is 0 Å². The van der Waals surface area contributed by atoms with Crippen LogP contribution < -0.4 is 20.5 Å². The van der Waals surface area contributed by atoms with Crippen molar-refractivity contribution >= 4 is 28.4 Å². The molecule has 0 saturated heterocycles. The number of aryl methyl sites for hydroxylation is 2. The van der Waals surface area contributed by atoms with Gasteiger partial charge in [-0.2, -0.15) is 0 Å². The highest BCUT2D eigenvalue weighted by Crippen LogP contribution is 2.46. The number of amides is 1. The van der Waals surface area contributed by atoms with Crippen molar-refractivity contribution in [1.82, 2.24) is 19.9 Å². The van der Waals surface area contributed by atoms with E-state index in [2.05, 4.69) is 24.4 Å². The van der Waals surface area contributed by atoms with Crippen molar-refractivity contribution in [3.63, 3.8) is 0 Å². The number of imidazole rings is 1. The Balaban J connectivity index is 1.47. The minimum Gasteiger partial charge on any atom is -0.490 e. The molecule has 180 valence electrons. The Kier molecular flexibility index (Phi) is 5.98. The van der Waals surface area contributed by atoms with E-state index < -0.39 is 16.5 Å². The van der Waals surface area contributed by atoms with Crippen LogP contribution in [0.3, 0.4) is 0 Å². The predicted octanol–water partition coefficient (Wildman–Crippen LogP) is 3.18. The molecule has 11 nitrogen and oxygen atoms in total. The summed E-state index contributed by atoms with van der Waals surface area (Å²) < 4.78 is 33.7. The summed E-state index contributed by atoms with van der Waals surface area (Å²) in [5.41, 5.74) is 7.34. The number of nitrogens with one attached hydrogen (secondary N) is 2. The third-order valence-electron chi connectivity index (χ3n) is 5.05. The molecular formula is C22H27N7O4S. The molecular weight excluding hydrogens is 458 g/mol. The molecule has 0 aliphatic carbocycles. The highest BCUT2D eigenvalue weighted by atomic mass is 32.3. The van der Waals surface area contributed by atoms with Gasteiger partial charge in [-0.1, -0.05) is 6.07 Å². The Morgan fingerprint density at radius 1 is 1.29 bits per heavy atom.